The SMILES string of the molecule is Cc1cc(C)n(CC(=O)NNC(=O)Cn2ccc(C(F)(F)F)n2)n1. The van der Waals surface area contributed by atoms with Crippen LogP contribution < -0.4 is 10.9 Å². The van der Waals surface area contributed by atoms with Gasteiger partial charge in [-0.05, 0) is 26.0 Å². The second-order valence-electron chi connectivity index (χ2n) is 5.08. The van der Waals surface area contributed by atoms with Gasteiger partial charge in [-0.1, -0.05) is 0 Å². The number of aromatic nitrogens is 4. The standard InChI is InChI=1S/C13H15F3N6O2/c1-8-5-9(2)22(19-8)7-12(24)18-17-11(23)6-21-4-3-10(20-21)13(14,15)16/h3-5H,6-7H2,1-2H3,(H,17,23)(H,18,24). The molecule has 2 N–H and O–H groups in total. The lowest BCUT2D eigenvalue weighted by atomic mass is 10.4. The molecule has 2 aromatic heterocycles. The van der Waals surface area contributed by atoms with E-state index < -0.39 is 30.2 Å². The Hall–Kier alpha value is -2.85. The van der Waals surface area contributed by atoms with Gasteiger partial charge in [-0.15, -0.1) is 0 Å². The van der Waals surface area contributed by atoms with Crippen LogP contribution in [0.2, 0.25) is 0 Å². The molecule has 0 saturated heterocycles. The van der Waals surface area contributed by atoms with Crippen LogP contribution in [0, 0.1) is 13.8 Å². The Morgan fingerprint density at radius 3 is 2.25 bits per heavy atom. The van der Waals surface area contributed by atoms with Crippen molar-refractivity contribution in [1.82, 2.24) is 30.4 Å². The highest BCUT2D eigenvalue weighted by molar-refractivity contribution is 5.81. The van der Waals surface area contributed by atoms with Crippen molar-refractivity contribution in [2.24, 2.45) is 0 Å². The number of rotatable bonds is 4. The quantitative estimate of drug-likeness (QED) is 0.793. The highest BCUT2D eigenvalue weighted by Gasteiger charge is 2.33. The van der Waals surface area contributed by atoms with Crippen molar-refractivity contribution in [3.8, 4) is 0 Å². The molecular weight excluding hydrogens is 329 g/mol. The molecule has 0 aromatic carbocycles. The summed E-state index contributed by atoms with van der Waals surface area (Å²) >= 11 is 0. The Morgan fingerprint density at radius 1 is 1.12 bits per heavy atom. The van der Waals surface area contributed by atoms with Crippen LogP contribution in [-0.2, 0) is 28.9 Å². The highest BCUT2D eigenvalue weighted by atomic mass is 19.4. The molecule has 0 atom stereocenters. The molecule has 0 bridgehead atoms. The third-order valence-electron chi connectivity index (χ3n) is 2.97. The molecule has 0 aliphatic rings. The number of carbonyl (C=O) groups is 2. The summed E-state index contributed by atoms with van der Waals surface area (Å²) in [6.45, 7) is 3.00. The minimum absolute atomic E-state index is 0.0973. The van der Waals surface area contributed by atoms with Crippen LogP contribution in [0.15, 0.2) is 18.3 Å². The molecular formula is C13H15F3N6O2. The summed E-state index contributed by atoms with van der Waals surface area (Å²) in [5.74, 6) is -1.24. The van der Waals surface area contributed by atoms with Crippen LogP contribution in [0.3, 0.4) is 0 Å². The predicted molar refractivity (Wildman–Crippen MR) is 75.2 cm³/mol. The van der Waals surface area contributed by atoms with Gasteiger partial charge >= 0.3 is 6.18 Å². The van der Waals surface area contributed by atoms with Crippen molar-refractivity contribution < 1.29 is 22.8 Å². The van der Waals surface area contributed by atoms with Crippen molar-refractivity contribution in [3.63, 3.8) is 0 Å². The number of hydrogen-bond acceptors (Lipinski definition) is 4. The Balaban J connectivity index is 1.81. The van der Waals surface area contributed by atoms with Crippen LogP contribution in [0.1, 0.15) is 17.1 Å². The highest BCUT2D eigenvalue weighted by Crippen LogP contribution is 2.27. The van der Waals surface area contributed by atoms with E-state index in [1.54, 1.807) is 19.9 Å². The monoisotopic (exact) mass is 344 g/mol. The fraction of sp³-hybridized carbons (Fsp3) is 0.385. The van der Waals surface area contributed by atoms with Gasteiger partial charge in [0.15, 0.2) is 5.69 Å². The molecule has 0 saturated carbocycles. The zero-order valence-corrected chi connectivity index (χ0v) is 12.9. The number of nitrogens with zero attached hydrogens (tertiary/aromatic N) is 4. The van der Waals surface area contributed by atoms with Gasteiger partial charge in [-0.2, -0.15) is 23.4 Å². The molecule has 0 radical (unpaired) electrons. The number of hydrogen-bond donors (Lipinski definition) is 2. The van der Waals surface area contributed by atoms with Gasteiger partial charge < -0.3 is 0 Å². The third-order valence-corrected chi connectivity index (χ3v) is 2.97. The summed E-state index contributed by atoms with van der Waals surface area (Å²) in [5.41, 5.74) is 4.71. The number of carbonyl (C=O) groups excluding carboxylic acids is 2. The summed E-state index contributed by atoms with van der Waals surface area (Å²) in [4.78, 5) is 23.3. The second kappa shape index (κ2) is 6.72. The topological polar surface area (TPSA) is 93.8 Å². The number of aryl methyl sites for hydroxylation is 2. The molecule has 0 spiro atoms. The fourth-order valence-corrected chi connectivity index (χ4v) is 1.94. The average molecular weight is 344 g/mol. The van der Waals surface area contributed by atoms with Crippen molar-refractivity contribution in [2.45, 2.75) is 33.1 Å². The largest absolute Gasteiger partial charge is 0.435 e. The lowest BCUT2D eigenvalue weighted by Gasteiger charge is -2.08. The lowest BCUT2D eigenvalue weighted by Crippen LogP contribution is -2.44. The lowest BCUT2D eigenvalue weighted by molar-refractivity contribution is -0.141. The summed E-state index contributed by atoms with van der Waals surface area (Å²) in [6, 6.07) is 2.55. The number of nitrogens with one attached hydrogen (secondary N) is 2. The van der Waals surface area contributed by atoms with E-state index in [4.69, 9.17) is 0 Å². The maximum atomic E-state index is 12.4. The molecule has 2 rings (SSSR count). The minimum atomic E-state index is -4.57. The molecule has 24 heavy (non-hydrogen) atoms. The normalized spacial score (nSPS) is 11.4. The molecule has 0 unspecified atom stereocenters. The zero-order valence-electron chi connectivity index (χ0n) is 12.9. The maximum Gasteiger partial charge on any atom is 0.435 e. The molecule has 11 heteroatoms. The summed E-state index contributed by atoms with van der Waals surface area (Å²) in [7, 11) is 0. The van der Waals surface area contributed by atoms with E-state index in [1.165, 1.54) is 4.68 Å². The predicted octanol–water partition coefficient (Wildman–Crippen LogP) is 0.563. The zero-order chi connectivity index (χ0) is 17.9. The first kappa shape index (κ1) is 17.5. The van der Waals surface area contributed by atoms with Crippen molar-refractivity contribution in [2.75, 3.05) is 0 Å². The van der Waals surface area contributed by atoms with Crippen molar-refractivity contribution in [3.05, 3.63) is 35.4 Å². The van der Waals surface area contributed by atoms with Gasteiger partial charge in [0.25, 0.3) is 11.8 Å². The first-order valence-corrected chi connectivity index (χ1v) is 6.84. The van der Waals surface area contributed by atoms with Gasteiger partial charge in [0.2, 0.25) is 0 Å². The fourth-order valence-electron chi connectivity index (χ4n) is 1.94. The summed E-state index contributed by atoms with van der Waals surface area (Å²) in [6.07, 6.45) is -3.55. The van der Waals surface area contributed by atoms with Gasteiger partial charge in [0, 0.05) is 11.9 Å². The average Bonchev–Trinajstić information content (AvgIpc) is 3.03. The van der Waals surface area contributed by atoms with E-state index in [1.807, 2.05) is 0 Å². The van der Waals surface area contributed by atoms with Gasteiger partial charge in [-0.25, -0.2) is 0 Å². The molecule has 0 aliphatic heterocycles. The van der Waals surface area contributed by atoms with Crippen molar-refractivity contribution in [1.29, 1.82) is 0 Å². The van der Waals surface area contributed by atoms with Crippen LogP contribution in [-0.4, -0.2) is 31.4 Å². The van der Waals surface area contributed by atoms with Crippen LogP contribution in [0.5, 0.6) is 0 Å². The van der Waals surface area contributed by atoms with Gasteiger partial charge in [0.05, 0.1) is 5.69 Å². The molecule has 2 heterocycles. The number of amides is 2. The Bertz CT molecular complexity index is 749. The minimum Gasteiger partial charge on any atom is -0.271 e. The first-order chi connectivity index (χ1) is 11.1. The first-order valence-electron chi connectivity index (χ1n) is 6.84. The molecule has 8 nitrogen and oxygen atoms in total. The Morgan fingerprint density at radius 2 is 1.75 bits per heavy atom. The number of alkyl halides is 3. The van der Waals surface area contributed by atoms with Crippen LogP contribution >= 0.6 is 0 Å². The third kappa shape index (κ3) is 4.57. The van der Waals surface area contributed by atoms with Crippen LogP contribution in [0.4, 0.5) is 13.2 Å². The van der Waals surface area contributed by atoms with E-state index in [0.717, 1.165) is 28.3 Å². The Kier molecular flexibility index (Phi) is 4.90. The molecule has 130 valence electrons. The van der Waals surface area contributed by atoms with Crippen LogP contribution in [0.25, 0.3) is 0 Å². The molecule has 0 fully saturated rings. The van der Waals surface area contributed by atoms with E-state index in [0.29, 0.717) is 0 Å². The van der Waals surface area contributed by atoms with Crippen molar-refractivity contribution >= 4 is 11.8 Å². The smallest absolute Gasteiger partial charge is 0.271 e. The number of halogens is 3. The van der Waals surface area contributed by atoms with Gasteiger partial charge in [-0.3, -0.25) is 29.8 Å². The van der Waals surface area contributed by atoms with E-state index in [-0.39, 0.29) is 6.54 Å². The van der Waals surface area contributed by atoms with E-state index in [9.17, 15) is 22.8 Å². The molecule has 0 aliphatic carbocycles. The second-order valence-corrected chi connectivity index (χ2v) is 5.08. The van der Waals surface area contributed by atoms with Gasteiger partial charge in [0.1, 0.15) is 13.1 Å². The summed E-state index contributed by atoms with van der Waals surface area (Å²) in [5, 5.41) is 7.33. The van der Waals surface area contributed by atoms with E-state index >= 15 is 0 Å². The molecule has 2 aromatic rings. The molecule has 2 amide bonds. The maximum absolute atomic E-state index is 12.4. The summed E-state index contributed by atoms with van der Waals surface area (Å²) < 4.78 is 39.5. The Labute approximate surface area is 134 Å². The number of hydrazine groups is 1. The van der Waals surface area contributed by atoms with E-state index in [2.05, 4.69) is 21.0 Å².